The van der Waals surface area contributed by atoms with Gasteiger partial charge >= 0.3 is 6.03 Å². The number of furan rings is 1. The molecule has 3 rings (SSSR count). The van der Waals surface area contributed by atoms with E-state index in [-0.39, 0.29) is 54.9 Å². The molecule has 1 saturated heterocycles. The minimum atomic E-state index is -0.530. The van der Waals surface area contributed by atoms with Crippen LogP contribution < -0.4 is 16.0 Å². The summed E-state index contributed by atoms with van der Waals surface area (Å²) >= 11 is 0. The summed E-state index contributed by atoms with van der Waals surface area (Å²) in [5.41, 5.74) is 0. The molecule has 0 bridgehead atoms. The lowest BCUT2D eigenvalue weighted by Gasteiger charge is -2.50. The number of imide groups is 1. The Morgan fingerprint density at radius 2 is 2.03 bits per heavy atom. The zero-order valence-electron chi connectivity index (χ0n) is 18.9. The van der Waals surface area contributed by atoms with Gasteiger partial charge in [0, 0.05) is 24.0 Å². The van der Waals surface area contributed by atoms with E-state index in [1.807, 2.05) is 6.92 Å². The van der Waals surface area contributed by atoms with Crippen LogP contribution in [0.5, 0.6) is 0 Å². The molecule has 1 aromatic heterocycles. The SMILES string of the molecule is CCC(C)NC(=O)C1CC(C)N(CC(=O)NC(=O)NCc2ccco2)C2CCCCC12. The largest absolute Gasteiger partial charge is 0.467 e. The van der Waals surface area contributed by atoms with Gasteiger partial charge in [0.05, 0.1) is 19.4 Å². The van der Waals surface area contributed by atoms with Crippen LogP contribution in [-0.4, -0.2) is 47.4 Å². The Labute approximate surface area is 184 Å². The van der Waals surface area contributed by atoms with Crippen LogP contribution in [0, 0.1) is 11.8 Å². The van der Waals surface area contributed by atoms with Crippen molar-refractivity contribution in [1.29, 1.82) is 0 Å². The second-order valence-corrected chi connectivity index (χ2v) is 9.01. The van der Waals surface area contributed by atoms with Gasteiger partial charge in [-0.2, -0.15) is 0 Å². The van der Waals surface area contributed by atoms with E-state index in [1.165, 1.54) is 6.26 Å². The van der Waals surface area contributed by atoms with Crippen molar-refractivity contribution in [2.24, 2.45) is 11.8 Å². The van der Waals surface area contributed by atoms with Gasteiger partial charge in [-0.3, -0.25) is 19.8 Å². The second kappa shape index (κ2) is 10.8. The minimum Gasteiger partial charge on any atom is -0.467 e. The first-order valence-electron chi connectivity index (χ1n) is 11.5. The van der Waals surface area contributed by atoms with Gasteiger partial charge in [-0.25, -0.2) is 4.79 Å². The molecule has 8 nitrogen and oxygen atoms in total. The number of hydrogen-bond donors (Lipinski definition) is 3. The van der Waals surface area contributed by atoms with Crippen molar-refractivity contribution in [2.75, 3.05) is 6.54 Å². The molecule has 3 N–H and O–H groups in total. The standard InChI is InChI=1S/C23H36N4O4/c1-4-15(2)25-22(29)19-12-16(3)27(20-10-6-5-9-18(19)20)14-21(28)26-23(30)24-13-17-8-7-11-31-17/h7-8,11,15-16,18-20H,4-6,9-10,12-14H2,1-3H3,(H,25,29)(H2,24,26,28,30). The number of nitrogens with one attached hydrogen (secondary N) is 3. The van der Waals surface area contributed by atoms with E-state index >= 15 is 0 Å². The normalized spacial score (nSPS) is 27.1. The van der Waals surface area contributed by atoms with Crippen LogP contribution in [0.15, 0.2) is 22.8 Å². The van der Waals surface area contributed by atoms with Gasteiger partial charge in [-0.1, -0.05) is 19.8 Å². The number of hydrogen-bond acceptors (Lipinski definition) is 5. The van der Waals surface area contributed by atoms with Crippen LogP contribution in [0.2, 0.25) is 0 Å². The Morgan fingerprint density at radius 3 is 2.74 bits per heavy atom. The Hall–Kier alpha value is -2.35. The number of rotatable bonds is 7. The highest BCUT2D eigenvalue weighted by molar-refractivity contribution is 5.95. The van der Waals surface area contributed by atoms with Crippen LogP contribution in [-0.2, 0) is 16.1 Å². The van der Waals surface area contributed by atoms with E-state index in [1.54, 1.807) is 12.1 Å². The van der Waals surface area contributed by atoms with E-state index in [9.17, 15) is 14.4 Å². The molecule has 0 spiro atoms. The predicted molar refractivity (Wildman–Crippen MR) is 117 cm³/mol. The maximum Gasteiger partial charge on any atom is 0.321 e. The molecule has 2 fully saturated rings. The third-order valence-corrected chi connectivity index (χ3v) is 6.81. The Morgan fingerprint density at radius 1 is 1.26 bits per heavy atom. The van der Waals surface area contributed by atoms with Gasteiger partial charge in [0.25, 0.3) is 0 Å². The molecule has 8 heteroatoms. The molecule has 5 unspecified atom stereocenters. The van der Waals surface area contributed by atoms with Crippen LogP contribution >= 0.6 is 0 Å². The molecule has 2 heterocycles. The summed E-state index contributed by atoms with van der Waals surface area (Å²) < 4.78 is 5.18. The summed E-state index contributed by atoms with van der Waals surface area (Å²) in [5, 5.41) is 8.21. The summed E-state index contributed by atoms with van der Waals surface area (Å²) in [4.78, 5) is 39.8. The summed E-state index contributed by atoms with van der Waals surface area (Å²) in [6, 6.07) is 3.44. The Bertz CT molecular complexity index is 751. The quantitative estimate of drug-likeness (QED) is 0.615. The van der Waals surface area contributed by atoms with Crippen LogP contribution in [0.1, 0.15) is 65.1 Å². The maximum atomic E-state index is 12.9. The lowest BCUT2D eigenvalue weighted by molar-refractivity contribution is -0.135. The van der Waals surface area contributed by atoms with Crippen molar-refractivity contribution in [3.8, 4) is 0 Å². The van der Waals surface area contributed by atoms with Gasteiger partial charge in [0.15, 0.2) is 0 Å². The zero-order valence-corrected chi connectivity index (χ0v) is 18.9. The second-order valence-electron chi connectivity index (χ2n) is 9.01. The van der Waals surface area contributed by atoms with E-state index in [0.29, 0.717) is 5.76 Å². The number of amides is 4. The number of urea groups is 1. The molecule has 5 atom stereocenters. The Balaban J connectivity index is 1.57. The third-order valence-electron chi connectivity index (χ3n) is 6.81. The highest BCUT2D eigenvalue weighted by Crippen LogP contribution is 2.41. The molecule has 172 valence electrons. The van der Waals surface area contributed by atoms with Crippen LogP contribution in [0.3, 0.4) is 0 Å². The molecule has 31 heavy (non-hydrogen) atoms. The molecular weight excluding hydrogens is 396 g/mol. The molecule has 1 saturated carbocycles. The van der Waals surface area contributed by atoms with Crippen molar-refractivity contribution >= 4 is 17.8 Å². The first kappa shape index (κ1) is 23.3. The summed E-state index contributed by atoms with van der Waals surface area (Å²) in [6.07, 6.45) is 7.41. The summed E-state index contributed by atoms with van der Waals surface area (Å²) in [7, 11) is 0. The van der Waals surface area contributed by atoms with Gasteiger partial charge < -0.3 is 15.1 Å². The monoisotopic (exact) mass is 432 g/mol. The van der Waals surface area contributed by atoms with Crippen molar-refractivity contribution in [3.05, 3.63) is 24.2 Å². The third kappa shape index (κ3) is 6.09. The lowest BCUT2D eigenvalue weighted by Crippen LogP contribution is -2.60. The van der Waals surface area contributed by atoms with Crippen molar-refractivity contribution in [2.45, 2.75) is 84.0 Å². The average molecular weight is 433 g/mol. The molecule has 1 aliphatic heterocycles. The van der Waals surface area contributed by atoms with Crippen molar-refractivity contribution < 1.29 is 18.8 Å². The lowest BCUT2D eigenvalue weighted by atomic mass is 9.69. The molecule has 2 aliphatic rings. The smallest absolute Gasteiger partial charge is 0.321 e. The first-order valence-corrected chi connectivity index (χ1v) is 11.5. The van der Waals surface area contributed by atoms with E-state index in [2.05, 4.69) is 34.7 Å². The highest BCUT2D eigenvalue weighted by atomic mass is 16.3. The topological polar surface area (TPSA) is 104 Å². The fourth-order valence-corrected chi connectivity index (χ4v) is 5.01. The molecule has 0 radical (unpaired) electrons. The number of carbonyl (C=O) groups excluding carboxylic acids is 3. The maximum absolute atomic E-state index is 12.9. The summed E-state index contributed by atoms with van der Waals surface area (Å²) in [6.45, 7) is 6.58. The van der Waals surface area contributed by atoms with Gasteiger partial charge in [0.1, 0.15) is 5.76 Å². The Kier molecular flexibility index (Phi) is 8.12. The molecule has 4 amide bonds. The molecule has 1 aromatic rings. The van der Waals surface area contributed by atoms with Crippen molar-refractivity contribution in [1.82, 2.24) is 20.9 Å². The number of piperidine rings is 1. The fraction of sp³-hybridized carbons (Fsp3) is 0.696. The van der Waals surface area contributed by atoms with E-state index in [0.717, 1.165) is 38.5 Å². The number of nitrogens with zero attached hydrogens (tertiary/aromatic N) is 1. The number of carbonyl (C=O) groups is 3. The number of fused-ring (bicyclic) bond motifs is 1. The average Bonchev–Trinajstić information content (AvgIpc) is 3.27. The fourth-order valence-electron chi connectivity index (χ4n) is 5.01. The van der Waals surface area contributed by atoms with Gasteiger partial charge in [-0.15, -0.1) is 0 Å². The summed E-state index contributed by atoms with van der Waals surface area (Å²) in [5.74, 6) is 0.703. The van der Waals surface area contributed by atoms with Gasteiger partial charge in [0.2, 0.25) is 11.8 Å². The zero-order chi connectivity index (χ0) is 22.4. The minimum absolute atomic E-state index is 0.00907. The molecular formula is C23H36N4O4. The van der Waals surface area contributed by atoms with Crippen molar-refractivity contribution in [3.63, 3.8) is 0 Å². The highest BCUT2D eigenvalue weighted by Gasteiger charge is 2.45. The predicted octanol–water partition coefficient (Wildman–Crippen LogP) is 2.79. The number of likely N-dealkylation sites (tertiary alicyclic amines) is 1. The van der Waals surface area contributed by atoms with Crippen LogP contribution in [0.4, 0.5) is 4.79 Å². The van der Waals surface area contributed by atoms with Crippen LogP contribution in [0.25, 0.3) is 0 Å². The molecule has 0 aromatic carbocycles. The van der Waals surface area contributed by atoms with E-state index in [4.69, 9.17) is 4.42 Å². The van der Waals surface area contributed by atoms with Gasteiger partial charge in [-0.05, 0) is 57.6 Å². The van der Waals surface area contributed by atoms with E-state index < -0.39 is 6.03 Å². The molecule has 1 aliphatic carbocycles. The first-order chi connectivity index (χ1) is 14.9.